The predicted molar refractivity (Wildman–Crippen MR) is 77.1 cm³/mol. The van der Waals surface area contributed by atoms with Gasteiger partial charge in [0.25, 0.3) is 0 Å². The molecule has 0 unspecified atom stereocenters. The first kappa shape index (κ1) is 12.5. The quantitative estimate of drug-likeness (QED) is 0.658. The van der Waals surface area contributed by atoms with Crippen molar-refractivity contribution in [3.63, 3.8) is 0 Å². The van der Waals surface area contributed by atoms with Gasteiger partial charge in [0.05, 0.1) is 15.9 Å². The highest BCUT2D eigenvalue weighted by molar-refractivity contribution is 9.10. The van der Waals surface area contributed by atoms with Gasteiger partial charge in [-0.1, -0.05) is 15.9 Å². The van der Waals surface area contributed by atoms with Gasteiger partial charge >= 0.3 is 0 Å². The maximum atomic E-state index is 13.8. The van der Waals surface area contributed by atoms with E-state index in [1.165, 1.54) is 17.4 Å². The number of hydrogen-bond donors (Lipinski definition) is 1. The molecule has 0 fully saturated rings. The lowest BCUT2D eigenvalue weighted by atomic mass is 10.2. The SMILES string of the molecule is Nc1cc(-c2nc3ccc(Br)cc3s2)c(F)cc1F. The summed E-state index contributed by atoms with van der Waals surface area (Å²) in [5.74, 6) is -1.42. The monoisotopic (exact) mass is 340 g/mol. The van der Waals surface area contributed by atoms with Gasteiger partial charge in [0.2, 0.25) is 0 Å². The first-order chi connectivity index (χ1) is 9.04. The lowest BCUT2D eigenvalue weighted by Crippen LogP contribution is -1.94. The van der Waals surface area contributed by atoms with E-state index in [1.54, 1.807) is 0 Å². The van der Waals surface area contributed by atoms with E-state index in [0.29, 0.717) is 5.01 Å². The van der Waals surface area contributed by atoms with Crippen LogP contribution in [0.4, 0.5) is 14.5 Å². The molecule has 3 aromatic rings. The zero-order valence-corrected chi connectivity index (χ0v) is 11.9. The van der Waals surface area contributed by atoms with E-state index < -0.39 is 11.6 Å². The van der Waals surface area contributed by atoms with Crippen LogP contribution in [-0.4, -0.2) is 4.98 Å². The van der Waals surface area contributed by atoms with Crippen LogP contribution in [0.25, 0.3) is 20.8 Å². The summed E-state index contributed by atoms with van der Waals surface area (Å²) < 4.78 is 28.8. The van der Waals surface area contributed by atoms with Gasteiger partial charge in [0.1, 0.15) is 16.6 Å². The molecule has 0 saturated carbocycles. The number of nitrogen functional groups attached to an aromatic ring is 1. The zero-order chi connectivity index (χ0) is 13.6. The first-order valence-electron chi connectivity index (χ1n) is 5.35. The smallest absolute Gasteiger partial charge is 0.149 e. The highest BCUT2D eigenvalue weighted by Gasteiger charge is 2.14. The van der Waals surface area contributed by atoms with Crippen LogP contribution in [0.5, 0.6) is 0 Å². The number of fused-ring (bicyclic) bond motifs is 1. The number of thiazole rings is 1. The van der Waals surface area contributed by atoms with E-state index in [1.807, 2.05) is 18.2 Å². The molecule has 2 nitrogen and oxygen atoms in total. The van der Waals surface area contributed by atoms with E-state index in [4.69, 9.17) is 5.73 Å². The van der Waals surface area contributed by atoms with Gasteiger partial charge in [-0.05, 0) is 24.3 Å². The molecule has 0 aliphatic rings. The molecule has 0 spiro atoms. The second-order valence-corrected chi connectivity index (χ2v) is 5.93. The van der Waals surface area contributed by atoms with Crippen LogP contribution in [0, 0.1) is 11.6 Å². The molecule has 6 heteroatoms. The molecular weight excluding hydrogens is 334 g/mol. The number of benzene rings is 2. The van der Waals surface area contributed by atoms with Crippen molar-refractivity contribution >= 4 is 43.2 Å². The van der Waals surface area contributed by atoms with Crippen LogP contribution in [-0.2, 0) is 0 Å². The molecule has 1 heterocycles. The van der Waals surface area contributed by atoms with Gasteiger partial charge in [0.15, 0.2) is 0 Å². The van der Waals surface area contributed by atoms with Crippen LogP contribution in [0.3, 0.4) is 0 Å². The molecule has 2 aromatic carbocycles. The van der Waals surface area contributed by atoms with Crippen molar-refractivity contribution < 1.29 is 8.78 Å². The van der Waals surface area contributed by atoms with E-state index in [-0.39, 0.29) is 11.3 Å². The van der Waals surface area contributed by atoms with Gasteiger partial charge in [-0.2, -0.15) is 0 Å². The maximum absolute atomic E-state index is 13.8. The Kier molecular flexibility index (Phi) is 2.99. The number of hydrogen-bond acceptors (Lipinski definition) is 3. The van der Waals surface area contributed by atoms with Gasteiger partial charge in [-0.25, -0.2) is 13.8 Å². The summed E-state index contributed by atoms with van der Waals surface area (Å²) in [4.78, 5) is 4.34. The van der Waals surface area contributed by atoms with Crippen LogP contribution in [0.2, 0.25) is 0 Å². The van der Waals surface area contributed by atoms with Crippen molar-refractivity contribution in [3.8, 4) is 10.6 Å². The fourth-order valence-corrected chi connectivity index (χ4v) is 3.28. The summed E-state index contributed by atoms with van der Waals surface area (Å²) in [5.41, 5.74) is 6.37. The molecule has 2 N–H and O–H groups in total. The van der Waals surface area contributed by atoms with E-state index in [0.717, 1.165) is 20.8 Å². The standard InChI is InChI=1S/C13H7BrF2N2S/c14-6-1-2-11-12(3-6)19-13(18-11)7-4-10(17)9(16)5-8(7)15/h1-5H,17H2. The largest absolute Gasteiger partial charge is 0.396 e. The van der Waals surface area contributed by atoms with Crippen LogP contribution < -0.4 is 5.73 Å². The Morgan fingerprint density at radius 3 is 2.68 bits per heavy atom. The minimum Gasteiger partial charge on any atom is -0.396 e. The van der Waals surface area contributed by atoms with Crippen molar-refractivity contribution in [3.05, 3.63) is 46.4 Å². The van der Waals surface area contributed by atoms with Gasteiger partial charge in [-0.15, -0.1) is 11.3 Å². The fraction of sp³-hybridized carbons (Fsp3) is 0. The molecule has 0 saturated heterocycles. The minimum atomic E-state index is -0.759. The lowest BCUT2D eigenvalue weighted by molar-refractivity contribution is 0.588. The summed E-state index contributed by atoms with van der Waals surface area (Å²) >= 11 is 4.70. The molecule has 96 valence electrons. The summed E-state index contributed by atoms with van der Waals surface area (Å²) in [6, 6.07) is 7.66. The summed E-state index contributed by atoms with van der Waals surface area (Å²) in [5, 5.41) is 0.484. The summed E-state index contributed by atoms with van der Waals surface area (Å²) in [6.45, 7) is 0. The Balaban J connectivity index is 2.21. The van der Waals surface area contributed by atoms with Gasteiger partial charge in [-0.3, -0.25) is 0 Å². The molecule has 0 amide bonds. The second kappa shape index (κ2) is 4.54. The number of rotatable bonds is 1. The average molecular weight is 341 g/mol. The van der Waals surface area contributed by atoms with Crippen molar-refractivity contribution in [2.45, 2.75) is 0 Å². The number of nitrogens with two attached hydrogens (primary N) is 1. The molecule has 0 bridgehead atoms. The third-order valence-electron chi connectivity index (χ3n) is 2.67. The van der Waals surface area contributed by atoms with Crippen molar-refractivity contribution in [1.29, 1.82) is 0 Å². The molecular formula is C13H7BrF2N2S. The topological polar surface area (TPSA) is 38.9 Å². The lowest BCUT2D eigenvalue weighted by Gasteiger charge is -2.01. The third kappa shape index (κ3) is 2.21. The van der Waals surface area contributed by atoms with Gasteiger partial charge in [0, 0.05) is 16.1 Å². The first-order valence-corrected chi connectivity index (χ1v) is 6.96. The molecule has 0 atom stereocenters. The fourth-order valence-electron chi connectivity index (χ4n) is 1.74. The van der Waals surface area contributed by atoms with Gasteiger partial charge < -0.3 is 5.73 Å². The van der Waals surface area contributed by atoms with Crippen LogP contribution >= 0.6 is 27.3 Å². The number of aromatic nitrogens is 1. The van der Waals surface area contributed by atoms with E-state index in [2.05, 4.69) is 20.9 Å². The number of halogens is 3. The summed E-state index contributed by atoms with van der Waals surface area (Å²) in [7, 11) is 0. The normalized spacial score (nSPS) is 11.1. The number of anilines is 1. The molecule has 0 aliphatic carbocycles. The Hall–Kier alpha value is -1.53. The Labute approximate surface area is 120 Å². The Morgan fingerprint density at radius 1 is 1.11 bits per heavy atom. The molecule has 0 radical (unpaired) electrons. The van der Waals surface area contributed by atoms with Crippen molar-refractivity contribution in [1.82, 2.24) is 4.98 Å². The molecule has 19 heavy (non-hydrogen) atoms. The molecule has 1 aromatic heterocycles. The average Bonchev–Trinajstić information content (AvgIpc) is 2.76. The maximum Gasteiger partial charge on any atom is 0.149 e. The van der Waals surface area contributed by atoms with Crippen LogP contribution in [0.1, 0.15) is 0 Å². The molecule has 3 rings (SSSR count). The molecule has 0 aliphatic heterocycles. The van der Waals surface area contributed by atoms with E-state index >= 15 is 0 Å². The predicted octanol–water partition coefficient (Wildman–Crippen LogP) is 4.59. The Morgan fingerprint density at radius 2 is 1.89 bits per heavy atom. The van der Waals surface area contributed by atoms with E-state index in [9.17, 15) is 8.78 Å². The van der Waals surface area contributed by atoms with Crippen molar-refractivity contribution in [2.75, 3.05) is 5.73 Å². The second-order valence-electron chi connectivity index (χ2n) is 3.98. The minimum absolute atomic E-state index is 0.0863. The summed E-state index contributed by atoms with van der Waals surface area (Å²) in [6.07, 6.45) is 0. The third-order valence-corrected chi connectivity index (χ3v) is 4.21. The highest BCUT2D eigenvalue weighted by atomic mass is 79.9. The van der Waals surface area contributed by atoms with Crippen molar-refractivity contribution in [2.24, 2.45) is 0 Å². The Bertz CT molecular complexity index is 786. The number of nitrogens with zero attached hydrogens (tertiary/aromatic N) is 1. The highest BCUT2D eigenvalue weighted by Crippen LogP contribution is 2.34. The zero-order valence-electron chi connectivity index (χ0n) is 9.45. The van der Waals surface area contributed by atoms with Crippen LogP contribution in [0.15, 0.2) is 34.8 Å².